The first kappa shape index (κ1) is 36.9. The van der Waals surface area contributed by atoms with E-state index in [0.29, 0.717) is 18.0 Å². The number of H-pyrrole nitrogens is 1. The summed E-state index contributed by atoms with van der Waals surface area (Å²) in [7, 11) is 3.11. The van der Waals surface area contributed by atoms with E-state index < -0.39 is 34.9 Å². The maximum absolute atomic E-state index is 17.4. The minimum atomic E-state index is -4.93. The first-order chi connectivity index (χ1) is 27.0. The van der Waals surface area contributed by atoms with Crippen molar-refractivity contribution >= 4 is 45.0 Å². The molecule has 3 aromatic carbocycles. The van der Waals surface area contributed by atoms with Crippen molar-refractivity contribution in [1.29, 1.82) is 0 Å². The number of aliphatic hydroxyl groups excluding tert-OH is 1. The zero-order valence-electron chi connectivity index (χ0n) is 30.3. The molecule has 56 heavy (non-hydrogen) atoms. The quantitative estimate of drug-likeness (QED) is 0.106. The van der Waals surface area contributed by atoms with Gasteiger partial charge in [-0.05, 0) is 71.6 Å². The molecule has 0 spiro atoms. The summed E-state index contributed by atoms with van der Waals surface area (Å²) in [5, 5.41) is 21.5. The van der Waals surface area contributed by atoms with Crippen LogP contribution >= 0.6 is 11.6 Å². The van der Waals surface area contributed by atoms with Crippen molar-refractivity contribution in [2.45, 2.75) is 45.3 Å². The Morgan fingerprint density at radius 3 is 2.23 bits per heavy atom. The molecule has 0 unspecified atom stereocenters. The lowest BCUT2D eigenvalue weighted by atomic mass is 9.95. The zero-order valence-corrected chi connectivity index (χ0v) is 31.0. The number of aromatic nitrogens is 7. The molecule has 7 aromatic rings. The highest BCUT2D eigenvalue weighted by Gasteiger charge is 2.40. The Balaban J connectivity index is 1.34. The summed E-state index contributed by atoms with van der Waals surface area (Å²) in [6.45, 7) is 2.02. The highest BCUT2D eigenvalue weighted by Crippen LogP contribution is 2.46. The van der Waals surface area contributed by atoms with Crippen LogP contribution < -0.4 is 19.3 Å². The predicted molar refractivity (Wildman–Crippen MR) is 202 cm³/mol. The number of alkyl halides is 3. The second-order valence-electron chi connectivity index (χ2n) is 13.4. The van der Waals surface area contributed by atoms with Gasteiger partial charge in [0.1, 0.15) is 28.7 Å². The number of benzene rings is 3. The minimum absolute atomic E-state index is 0.0242. The Morgan fingerprint density at radius 2 is 1.62 bits per heavy atom. The van der Waals surface area contributed by atoms with Crippen LogP contribution in [0.5, 0.6) is 11.5 Å². The van der Waals surface area contributed by atoms with E-state index >= 15 is 17.6 Å². The van der Waals surface area contributed by atoms with Crippen molar-refractivity contribution in [3.63, 3.8) is 0 Å². The lowest BCUT2D eigenvalue weighted by Crippen LogP contribution is -2.46. The summed E-state index contributed by atoms with van der Waals surface area (Å²) < 4.78 is 75.3. The first-order valence-electron chi connectivity index (χ1n) is 17.5. The number of rotatable bonds is 10. The van der Waals surface area contributed by atoms with Gasteiger partial charge in [-0.2, -0.15) is 28.4 Å². The number of pyridine rings is 1. The molecule has 0 saturated heterocycles. The third-order valence-corrected chi connectivity index (χ3v) is 10.2. The standard InChI is InChI=1S/C39H34ClF4N9O3/c1-21-14-29(51(16-22-4-8-26(55-2)9-5-22)17-23-6-10-27(56-3)11-7-23)47-35(32(21)39(42,43)44)30-28-15-45-50-34(28)31-36(33(30)41)48-38(40)49-37(31)52-18-24-12-13-46-53(24)19-25(52)20-54/h4-15,25,54H,16-20H2,1-3H3,(H,45,50)/t25-/m0/s1. The van der Waals surface area contributed by atoms with E-state index in [4.69, 9.17) is 21.1 Å². The van der Waals surface area contributed by atoms with Crippen molar-refractivity contribution in [3.8, 4) is 22.8 Å². The van der Waals surface area contributed by atoms with Crippen molar-refractivity contribution in [1.82, 2.24) is 34.9 Å². The molecule has 17 heteroatoms. The van der Waals surface area contributed by atoms with E-state index in [9.17, 15) is 5.11 Å². The molecule has 288 valence electrons. The van der Waals surface area contributed by atoms with Crippen LogP contribution in [0.2, 0.25) is 5.28 Å². The Morgan fingerprint density at radius 1 is 0.964 bits per heavy atom. The van der Waals surface area contributed by atoms with Crippen LogP contribution in [-0.4, -0.2) is 66.9 Å². The number of hydrogen-bond donors (Lipinski definition) is 2. The first-order valence-corrected chi connectivity index (χ1v) is 17.8. The topological polar surface area (TPSA) is 130 Å². The van der Waals surface area contributed by atoms with Crippen molar-refractivity contribution < 1.29 is 32.1 Å². The Hall–Kier alpha value is -6.00. The van der Waals surface area contributed by atoms with Gasteiger partial charge in [0, 0.05) is 30.2 Å². The predicted octanol–water partition coefficient (Wildman–Crippen LogP) is 7.49. The normalized spacial score (nSPS) is 14.4. The number of methoxy groups -OCH3 is 2. The number of anilines is 2. The van der Waals surface area contributed by atoms with Gasteiger partial charge in [0.15, 0.2) is 5.82 Å². The lowest BCUT2D eigenvalue weighted by Gasteiger charge is -2.36. The smallest absolute Gasteiger partial charge is 0.418 e. The van der Waals surface area contributed by atoms with Crippen LogP contribution in [0.25, 0.3) is 33.1 Å². The molecule has 1 aliphatic rings. The van der Waals surface area contributed by atoms with Crippen molar-refractivity contribution in [2.24, 2.45) is 0 Å². The fraction of sp³-hybridized carbons (Fsp3) is 0.256. The van der Waals surface area contributed by atoms with E-state index in [1.807, 2.05) is 35.2 Å². The average Bonchev–Trinajstić information content (AvgIpc) is 3.86. The Labute approximate surface area is 322 Å². The van der Waals surface area contributed by atoms with Crippen molar-refractivity contribution in [3.05, 3.63) is 112 Å². The zero-order chi connectivity index (χ0) is 39.3. The molecular formula is C39H34ClF4N9O3. The summed E-state index contributed by atoms with van der Waals surface area (Å²) in [4.78, 5) is 16.9. The fourth-order valence-electron chi connectivity index (χ4n) is 7.29. The maximum Gasteiger partial charge on any atom is 0.418 e. The number of nitrogens with one attached hydrogen (secondary N) is 1. The summed E-state index contributed by atoms with van der Waals surface area (Å²) in [6, 6.07) is 17.2. The molecule has 0 saturated carbocycles. The van der Waals surface area contributed by atoms with Gasteiger partial charge in [-0.1, -0.05) is 24.3 Å². The number of aryl methyl sites for hydroxylation is 1. The van der Waals surface area contributed by atoms with Gasteiger partial charge in [0.05, 0.1) is 74.0 Å². The number of aromatic amines is 1. The van der Waals surface area contributed by atoms with Gasteiger partial charge in [0.2, 0.25) is 5.28 Å². The van der Waals surface area contributed by atoms with Crippen molar-refractivity contribution in [2.75, 3.05) is 30.6 Å². The number of aliphatic hydroxyl groups is 1. The van der Waals surface area contributed by atoms with Gasteiger partial charge in [0.25, 0.3) is 0 Å². The summed E-state index contributed by atoms with van der Waals surface area (Å²) in [5.74, 6) is 0.537. The number of fused-ring (bicyclic) bond motifs is 4. The summed E-state index contributed by atoms with van der Waals surface area (Å²) in [6.07, 6.45) is -2.04. The molecule has 0 bridgehead atoms. The molecule has 12 nitrogen and oxygen atoms in total. The van der Waals surface area contributed by atoms with Crippen LogP contribution in [-0.2, 0) is 32.4 Å². The van der Waals surface area contributed by atoms with Gasteiger partial charge in [-0.25, -0.2) is 14.4 Å². The molecular weight excluding hydrogens is 754 g/mol. The molecule has 0 amide bonds. The minimum Gasteiger partial charge on any atom is -0.497 e. The third-order valence-electron chi connectivity index (χ3n) is 10.0. The molecule has 1 aliphatic heterocycles. The lowest BCUT2D eigenvalue weighted by molar-refractivity contribution is -0.137. The molecule has 4 aromatic heterocycles. The second-order valence-corrected chi connectivity index (χ2v) is 13.8. The fourth-order valence-corrected chi connectivity index (χ4v) is 7.46. The highest BCUT2D eigenvalue weighted by atomic mass is 35.5. The van der Waals surface area contributed by atoms with Crippen LogP contribution in [0.3, 0.4) is 0 Å². The monoisotopic (exact) mass is 787 g/mol. The van der Waals surface area contributed by atoms with Gasteiger partial charge in [-0.3, -0.25) is 9.78 Å². The van der Waals surface area contributed by atoms with Gasteiger partial charge in [-0.15, -0.1) is 0 Å². The van der Waals surface area contributed by atoms with E-state index in [1.165, 1.54) is 19.2 Å². The van der Waals surface area contributed by atoms with Gasteiger partial charge >= 0.3 is 6.18 Å². The van der Waals surface area contributed by atoms with Crippen LogP contribution in [0.4, 0.5) is 29.2 Å². The highest BCUT2D eigenvalue weighted by molar-refractivity contribution is 6.29. The van der Waals surface area contributed by atoms with E-state index in [1.54, 1.807) is 54.3 Å². The molecule has 8 rings (SSSR count). The molecule has 0 fully saturated rings. The van der Waals surface area contributed by atoms with Crippen LogP contribution in [0.1, 0.15) is 27.9 Å². The van der Waals surface area contributed by atoms with E-state index in [2.05, 4.69) is 30.2 Å². The Kier molecular flexibility index (Phi) is 9.62. The average molecular weight is 788 g/mol. The molecule has 5 heterocycles. The molecule has 2 N–H and O–H groups in total. The van der Waals surface area contributed by atoms with E-state index in [0.717, 1.165) is 16.8 Å². The number of halogens is 5. The molecule has 0 aliphatic carbocycles. The number of ether oxygens (including phenoxy) is 2. The summed E-state index contributed by atoms with van der Waals surface area (Å²) in [5.41, 5.74) is -0.0799. The summed E-state index contributed by atoms with van der Waals surface area (Å²) >= 11 is 6.46. The number of nitrogens with zero attached hydrogens (tertiary/aromatic N) is 8. The van der Waals surface area contributed by atoms with Gasteiger partial charge < -0.3 is 24.4 Å². The largest absolute Gasteiger partial charge is 0.497 e. The number of hydrogen-bond acceptors (Lipinski definition) is 10. The van der Waals surface area contributed by atoms with E-state index in [-0.39, 0.29) is 70.5 Å². The SMILES string of the molecule is COc1ccc(CN(Cc2ccc(OC)cc2)c2cc(C)c(C(F)(F)F)c(-c3c(F)c4nc(Cl)nc(N5Cc6ccnn6C[C@H]5CO)c4c4[nH]ncc34)n2)cc1. The second kappa shape index (κ2) is 14.6. The maximum atomic E-state index is 17.4. The van der Waals surface area contributed by atoms with Crippen LogP contribution in [0.15, 0.2) is 73.1 Å². The molecule has 0 radical (unpaired) electrons. The van der Waals surface area contributed by atoms with Crippen LogP contribution in [0, 0.1) is 12.7 Å². The molecule has 1 atom stereocenters. The third kappa shape index (κ3) is 6.68. The Bertz CT molecular complexity index is 2510.